The van der Waals surface area contributed by atoms with Crippen LogP contribution < -0.4 is 5.32 Å². The molecule has 2 nitrogen and oxygen atoms in total. The molecule has 0 bridgehead atoms. The molecule has 2 saturated carbocycles. The smallest absolute Gasteiger partial charge is 0.0167 e. The Hall–Kier alpha value is -0.0800. The second-order valence-corrected chi connectivity index (χ2v) is 5.44. The predicted molar refractivity (Wildman–Crippen MR) is 53.7 cm³/mol. The number of rotatable bonds is 1. The first kappa shape index (κ1) is 8.25. The third kappa shape index (κ3) is 1.62. The van der Waals surface area contributed by atoms with Gasteiger partial charge in [-0.3, -0.25) is 4.90 Å². The molecule has 0 radical (unpaired) electrons. The molecule has 1 atom stereocenters. The van der Waals surface area contributed by atoms with Gasteiger partial charge in [0.2, 0.25) is 0 Å². The standard InChI is InChI=1S/C11H20N2/c1-9-6-13(10-2-3-10)8-11(4-5-11)7-12-9/h9-10,12H,2-8H2,1H3. The van der Waals surface area contributed by atoms with Crippen LogP contribution in [0.25, 0.3) is 0 Å². The molecule has 1 aliphatic heterocycles. The van der Waals surface area contributed by atoms with Gasteiger partial charge in [0.05, 0.1) is 0 Å². The van der Waals surface area contributed by atoms with Gasteiger partial charge in [-0.2, -0.15) is 0 Å². The van der Waals surface area contributed by atoms with Crippen molar-refractivity contribution in [2.75, 3.05) is 19.6 Å². The van der Waals surface area contributed by atoms with Crippen molar-refractivity contribution in [3.63, 3.8) is 0 Å². The van der Waals surface area contributed by atoms with Crippen molar-refractivity contribution in [2.24, 2.45) is 5.41 Å². The summed E-state index contributed by atoms with van der Waals surface area (Å²) in [6.45, 7) is 6.27. The van der Waals surface area contributed by atoms with Crippen molar-refractivity contribution in [2.45, 2.75) is 44.7 Å². The lowest BCUT2D eigenvalue weighted by atomic mass is 10.1. The third-order valence-electron chi connectivity index (χ3n) is 3.89. The monoisotopic (exact) mass is 180 g/mol. The molecule has 3 aliphatic rings. The zero-order chi connectivity index (χ0) is 8.89. The minimum Gasteiger partial charge on any atom is -0.312 e. The minimum absolute atomic E-state index is 0.702. The van der Waals surface area contributed by atoms with Gasteiger partial charge < -0.3 is 5.32 Å². The highest BCUT2D eigenvalue weighted by atomic mass is 15.2. The Kier molecular flexibility index (Phi) is 1.72. The minimum atomic E-state index is 0.702. The van der Waals surface area contributed by atoms with Gasteiger partial charge in [-0.05, 0) is 38.0 Å². The second kappa shape index (κ2) is 2.71. The van der Waals surface area contributed by atoms with E-state index in [0.717, 1.165) is 6.04 Å². The van der Waals surface area contributed by atoms with Gasteiger partial charge in [0.25, 0.3) is 0 Å². The maximum atomic E-state index is 3.67. The van der Waals surface area contributed by atoms with Crippen LogP contribution in [0.1, 0.15) is 32.6 Å². The van der Waals surface area contributed by atoms with Crippen LogP contribution in [0.5, 0.6) is 0 Å². The number of hydrogen-bond donors (Lipinski definition) is 1. The fourth-order valence-electron chi connectivity index (χ4n) is 2.59. The Bertz CT molecular complexity index is 206. The van der Waals surface area contributed by atoms with Crippen LogP contribution in [0.3, 0.4) is 0 Å². The first-order valence-corrected chi connectivity index (χ1v) is 5.75. The second-order valence-electron chi connectivity index (χ2n) is 5.44. The summed E-state index contributed by atoms with van der Waals surface area (Å²) in [5, 5.41) is 3.67. The van der Waals surface area contributed by atoms with Crippen molar-refractivity contribution < 1.29 is 0 Å². The summed E-state index contributed by atoms with van der Waals surface area (Å²) in [6.07, 6.45) is 5.86. The lowest BCUT2D eigenvalue weighted by Crippen LogP contribution is -2.36. The summed E-state index contributed by atoms with van der Waals surface area (Å²) in [5.41, 5.74) is 0.702. The number of nitrogens with zero attached hydrogens (tertiary/aromatic N) is 1. The van der Waals surface area contributed by atoms with Gasteiger partial charge in [0.1, 0.15) is 0 Å². The Morgan fingerprint density at radius 3 is 2.69 bits per heavy atom. The molecule has 0 aromatic carbocycles. The van der Waals surface area contributed by atoms with E-state index in [1.807, 2.05) is 0 Å². The SMILES string of the molecule is CC1CN(C2CC2)CC2(CC2)CN1. The summed E-state index contributed by atoms with van der Waals surface area (Å²) in [7, 11) is 0. The Balaban J connectivity index is 1.71. The zero-order valence-electron chi connectivity index (χ0n) is 8.55. The third-order valence-corrected chi connectivity index (χ3v) is 3.89. The molecular formula is C11H20N2. The Labute approximate surface area is 80.7 Å². The van der Waals surface area contributed by atoms with Crippen LogP contribution in [0.2, 0.25) is 0 Å². The van der Waals surface area contributed by atoms with E-state index in [9.17, 15) is 0 Å². The van der Waals surface area contributed by atoms with Crippen molar-refractivity contribution in [3.05, 3.63) is 0 Å². The summed E-state index contributed by atoms with van der Waals surface area (Å²) in [6, 6.07) is 1.67. The highest BCUT2D eigenvalue weighted by Crippen LogP contribution is 2.48. The molecule has 1 heterocycles. The van der Waals surface area contributed by atoms with Crippen LogP contribution in [0.15, 0.2) is 0 Å². The summed E-state index contributed by atoms with van der Waals surface area (Å²) < 4.78 is 0. The first-order chi connectivity index (χ1) is 6.27. The molecule has 0 amide bonds. The van der Waals surface area contributed by atoms with Gasteiger partial charge in [0, 0.05) is 31.7 Å². The van der Waals surface area contributed by atoms with Crippen LogP contribution in [0, 0.1) is 5.41 Å². The van der Waals surface area contributed by atoms with Crippen molar-refractivity contribution >= 4 is 0 Å². The molecule has 2 aliphatic carbocycles. The lowest BCUT2D eigenvalue weighted by Gasteiger charge is -2.24. The van der Waals surface area contributed by atoms with E-state index in [1.54, 1.807) is 0 Å². The fraction of sp³-hybridized carbons (Fsp3) is 1.00. The van der Waals surface area contributed by atoms with Crippen LogP contribution in [0.4, 0.5) is 0 Å². The molecule has 1 unspecified atom stereocenters. The van der Waals surface area contributed by atoms with E-state index in [-0.39, 0.29) is 0 Å². The molecule has 3 fully saturated rings. The van der Waals surface area contributed by atoms with E-state index in [2.05, 4.69) is 17.1 Å². The van der Waals surface area contributed by atoms with Crippen molar-refractivity contribution in [1.82, 2.24) is 10.2 Å². The van der Waals surface area contributed by atoms with Crippen LogP contribution in [-0.4, -0.2) is 36.6 Å². The highest BCUT2D eigenvalue weighted by molar-refractivity contribution is 5.02. The maximum absolute atomic E-state index is 3.67. The molecule has 1 spiro atoms. The Morgan fingerprint density at radius 1 is 1.31 bits per heavy atom. The van der Waals surface area contributed by atoms with E-state index in [4.69, 9.17) is 0 Å². The van der Waals surface area contributed by atoms with E-state index in [0.29, 0.717) is 11.5 Å². The van der Waals surface area contributed by atoms with E-state index < -0.39 is 0 Å². The largest absolute Gasteiger partial charge is 0.312 e. The average Bonchev–Trinajstić information content (AvgIpc) is 2.96. The lowest BCUT2D eigenvalue weighted by molar-refractivity contribution is 0.228. The molecule has 0 aromatic rings. The van der Waals surface area contributed by atoms with Gasteiger partial charge in [-0.25, -0.2) is 0 Å². The molecule has 2 heteroatoms. The van der Waals surface area contributed by atoms with Crippen molar-refractivity contribution in [3.8, 4) is 0 Å². The fourth-order valence-corrected chi connectivity index (χ4v) is 2.59. The highest BCUT2D eigenvalue weighted by Gasteiger charge is 2.47. The summed E-state index contributed by atoms with van der Waals surface area (Å²) in [4.78, 5) is 2.75. The molecule has 74 valence electrons. The first-order valence-electron chi connectivity index (χ1n) is 5.75. The van der Waals surface area contributed by atoms with Gasteiger partial charge in [0.15, 0.2) is 0 Å². The number of hydrogen-bond acceptors (Lipinski definition) is 2. The number of nitrogens with one attached hydrogen (secondary N) is 1. The van der Waals surface area contributed by atoms with E-state index >= 15 is 0 Å². The normalized spacial score (nSPS) is 39.0. The average molecular weight is 180 g/mol. The predicted octanol–water partition coefficient (Wildman–Crippen LogP) is 1.22. The maximum Gasteiger partial charge on any atom is 0.0167 e. The topological polar surface area (TPSA) is 15.3 Å². The summed E-state index contributed by atoms with van der Waals surface area (Å²) >= 11 is 0. The molecule has 3 rings (SSSR count). The Morgan fingerprint density at radius 2 is 2.08 bits per heavy atom. The molecule has 13 heavy (non-hydrogen) atoms. The van der Waals surface area contributed by atoms with Crippen molar-refractivity contribution in [1.29, 1.82) is 0 Å². The molecule has 1 N–H and O–H groups in total. The quantitative estimate of drug-likeness (QED) is 0.653. The summed E-state index contributed by atoms with van der Waals surface area (Å²) in [5.74, 6) is 0. The van der Waals surface area contributed by atoms with Gasteiger partial charge in [-0.1, -0.05) is 0 Å². The zero-order valence-corrected chi connectivity index (χ0v) is 8.55. The van der Waals surface area contributed by atoms with E-state index in [1.165, 1.54) is 45.3 Å². The molecule has 0 aromatic heterocycles. The van der Waals surface area contributed by atoms with Gasteiger partial charge >= 0.3 is 0 Å². The van der Waals surface area contributed by atoms with Crippen LogP contribution >= 0.6 is 0 Å². The van der Waals surface area contributed by atoms with Crippen LogP contribution in [-0.2, 0) is 0 Å². The molecule has 1 saturated heterocycles. The molecular weight excluding hydrogens is 160 g/mol. The van der Waals surface area contributed by atoms with Gasteiger partial charge in [-0.15, -0.1) is 0 Å².